The molecular weight excluding hydrogens is 332 g/mol. The fraction of sp³-hybridized carbons (Fsp3) is 0.300. The number of nitrogens with one attached hydrogen (secondary N) is 2. The summed E-state index contributed by atoms with van der Waals surface area (Å²) in [6, 6.07) is 12.6. The first kappa shape index (κ1) is 19.3. The number of amides is 2. The summed E-state index contributed by atoms with van der Waals surface area (Å²) in [5.41, 5.74) is 1.78. The van der Waals surface area contributed by atoms with Crippen LogP contribution in [0.15, 0.2) is 48.5 Å². The van der Waals surface area contributed by atoms with E-state index in [0.717, 1.165) is 11.1 Å². The molecule has 0 aliphatic rings. The number of likely N-dealkylation sites (N-methyl/N-ethyl adjacent to an activating group) is 1. The molecule has 2 aromatic rings. The zero-order valence-electron chi connectivity index (χ0n) is 14.7. The molecule has 2 aromatic carbocycles. The third-order valence-corrected chi connectivity index (χ3v) is 3.96. The van der Waals surface area contributed by atoms with Crippen LogP contribution in [0, 0.1) is 0 Å². The molecule has 0 bridgehead atoms. The van der Waals surface area contributed by atoms with Crippen LogP contribution in [0.4, 0.5) is 0 Å². The second-order valence-electron chi connectivity index (χ2n) is 6.05. The lowest BCUT2D eigenvalue weighted by Gasteiger charge is -2.18. The van der Waals surface area contributed by atoms with Gasteiger partial charge in [0.1, 0.15) is 17.5 Å². The van der Waals surface area contributed by atoms with Crippen molar-refractivity contribution >= 4 is 11.8 Å². The summed E-state index contributed by atoms with van der Waals surface area (Å²) in [6.45, 7) is 2.30. The average Bonchev–Trinajstić information content (AvgIpc) is 2.62. The molecule has 0 saturated heterocycles. The topological polar surface area (TPSA) is 98.7 Å². The van der Waals surface area contributed by atoms with Crippen molar-refractivity contribution in [3.63, 3.8) is 0 Å². The maximum Gasteiger partial charge on any atom is 0.242 e. The number of phenolic OH excluding ortho intramolecular Hbond substituents is 2. The molecule has 1 atom stereocenters. The van der Waals surface area contributed by atoms with Gasteiger partial charge in [0.25, 0.3) is 0 Å². The molecule has 4 N–H and O–H groups in total. The highest BCUT2D eigenvalue weighted by molar-refractivity contribution is 5.87. The molecule has 6 heteroatoms. The Balaban J connectivity index is 1.95. The van der Waals surface area contributed by atoms with Crippen LogP contribution in [0.2, 0.25) is 0 Å². The van der Waals surface area contributed by atoms with Crippen LogP contribution in [-0.2, 0) is 22.4 Å². The Labute approximate surface area is 152 Å². The molecule has 0 saturated carbocycles. The van der Waals surface area contributed by atoms with Gasteiger partial charge in [-0.1, -0.05) is 24.3 Å². The van der Waals surface area contributed by atoms with Crippen molar-refractivity contribution in [3.8, 4) is 11.5 Å². The number of benzene rings is 2. The van der Waals surface area contributed by atoms with E-state index in [1.54, 1.807) is 48.5 Å². The SMILES string of the molecule is CCNC(=O)C(Cc1ccc(O)cc1)NC(=O)CCc1ccc(O)cc1. The van der Waals surface area contributed by atoms with Gasteiger partial charge in [-0.2, -0.15) is 0 Å². The Hall–Kier alpha value is -3.02. The number of hydrogen-bond acceptors (Lipinski definition) is 4. The molecule has 0 heterocycles. The van der Waals surface area contributed by atoms with Gasteiger partial charge in [-0.15, -0.1) is 0 Å². The predicted molar refractivity (Wildman–Crippen MR) is 98.9 cm³/mol. The fourth-order valence-corrected chi connectivity index (χ4v) is 2.56. The molecule has 1 unspecified atom stereocenters. The minimum absolute atomic E-state index is 0.154. The molecule has 2 rings (SSSR count). The standard InChI is InChI=1S/C20H24N2O4/c1-2-21-20(26)18(13-15-5-10-17(24)11-6-15)22-19(25)12-7-14-3-8-16(23)9-4-14/h3-6,8-11,18,23-24H,2,7,12-13H2,1H3,(H,21,26)(H,22,25). The van der Waals surface area contributed by atoms with Gasteiger partial charge in [0.2, 0.25) is 11.8 Å². The Bertz CT molecular complexity index is 726. The van der Waals surface area contributed by atoms with E-state index in [-0.39, 0.29) is 29.7 Å². The molecule has 0 fully saturated rings. The zero-order valence-corrected chi connectivity index (χ0v) is 14.7. The minimum Gasteiger partial charge on any atom is -0.508 e. The average molecular weight is 356 g/mol. The molecule has 0 aliphatic carbocycles. The summed E-state index contributed by atoms with van der Waals surface area (Å²) in [6.07, 6.45) is 1.11. The van der Waals surface area contributed by atoms with E-state index in [4.69, 9.17) is 0 Å². The lowest BCUT2D eigenvalue weighted by atomic mass is 10.0. The first-order chi connectivity index (χ1) is 12.5. The Kier molecular flexibility index (Phi) is 7.02. The van der Waals surface area contributed by atoms with Gasteiger partial charge in [0, 0.05) is 19.4 Å². The molecule has 6 nitrogen and oxygen atoms in total. The first-order valence-corrected chi connectivity index (χ1v) is 8.61. The van der Waals surface area contributed by atoms with Crippen molar-refractivity contribution in [3.05, 3.63) is 59.7 Å². The number of hydrogen-bond donors (Lipinski definition) is 4. The van der Waals surface area contributed by atoms with Crippen LogP contribution < -0.4 is 10.6 Å². The smallest absolute Gasteiger partial charge is 0.242 e. The van der Waals surface area contributed by atoms with Crippen molar-refractivity contribution in [2.75, 3.05) is 6.54 Å². The molecular formula is C20H24N2O4. The van der Waals surface area contributed by atoms with E-state index in [2.05, 4.69) is 10.6 Å². The van der Waals surface area contributed by atoms with Gasteiger partial charge in [-0.3, -0.25) is 9.59 Å². The number of rotatable bonds is 8. The summed E-state index contributed by atoms with van der Waals surface area (Å²) < 4.78 is 0. The summed E-state index contributed by atoms with van der Waals surface area (Å²) >= 11 is 0. The van der Waals surface area contributed by atoms with Gasteiger partial charge >= 0.3 is 0 Å². The van der Waals surface area contributed by atoms with Gasteiger partial charge in [-0.25, -0.2) is 0 Å². The van der Waals surface area contributed by atoms with Crippen molar-refractivity contribution in [2.24, 2.45) is 0 Å². The quantitative estimate of drug-likeness (QED) is 0.580. The van der Waals surface area contributed by atoms with E-state index < -0.39 is 6.04 Å². The highest BCUT2D eigenvalue weighted by atomic mass is 16.3. The molecule has 0 aromatic heterocycles. The van der Waals surface area contributed by atoms with Crippen molar-refractivity contribution in [1.82, 2.24) is 10.6 Å². The first-order valence-electron chi connectivity index (χ1n) is 8.61. The third-order valence-electron chi connectivity index (χ3n) is 3.96. The van der Waals surface area contributed by atoms with E-state index in [0.29, 0.717) is 19.4 Å². The number of aryl methyl sites for hydroxylation is 1. The Morgan fingerprint density at radius 1 is 0.923 bits per heavy atom. The largest absolute Gasteiger partial charge is 0.508 e. The molecule has 26 heavy (non-hydrogen) atoms. The molecule has 0 spiro atoms. The van der Waals surface area contributed by atoms with Crippen LogP contribution in [-0.4, -0.2) is 34.6 Å². The minimum atomic E-state index is -0.674. The lowest BCUT2D eigenvalue weighted by Crippen LogP contribution is -2.48. The third kappa shape index (κ3) is 6.12. The normalized spacial score (nSPS) is 11.6. The van der Waals surface area contributed by atoms with Crippen LogP contribution in [0.3, 0.4) is 0 Å². The number of phenols is 2. The number of aromatic hydroxyl groups is 2. The molecule has 138 valence electrons. The molecule has 2 amide bonds. The van der Waals surface area contributed by atoms with E-state index >= 15 is 0 Å². The summed E-state index contributed by atoms with van der Waals surface area (Å²) in [4.78, 5) is 24.5. The summed E-state index contributed by atoms with van der Waals surface area (Å²) in [7, 11) is 0. The van der Waals surface area contributed by atoms with Crippen LogP contribution in [0.1, 0.15) is 24.5 Å². The maximum absolute atomic E-state index is 12.3. The van der Waals surface area contributed by atoms with Gasteiger partial charge < -0.3 is 20.8 Å². The zero-order chi connectivity index (χ0) is 18.9. The Morgan fingerprint density at radius 2 is 1.46 bits per heavy atom. The maximum atomic E-state index is 12.3. The fourth-order valence-electron chi connectivity index (χ4n) is 2.56. The van der Waals surface area contributed by atoms with E-state index in [1.165, 1.54) is 0 Å². The van der Waals surface area contributed by atoms with Crippen LogP contribution >= 0.6 is 0 Å². The second-order valence-corrected chi connectivity index (χ2v) is 6.05. The predicted octanol–water partition coefficient (Wildman–Crippen LogP) is 1.89. The lowest BCUT2D eigenvalue weighted by molar-refractivity contribution is -0.128. The highest BCUT2D eigenvalue weighted by Gasteiger charge is 2.20. The molecule has 0 radical (unpaired) electrons. The van der Waals surface area contributed by atoms with E-state index in [9.17, 15) is 19.8 Å². The molecule has 0 aliphatic heterocycles. The summed E-state index contributed by atoms with van der Waals surface area (Å²) in [5.74, 6) is -0.115. The monoisotopic (exact) mass is 356 g/mol. The van der Waals surface area contributed by atoms with Crippen molar-refractivity contribution in [1.29, 1.82) is 0 Å². The second kappa shape index (κ2) is 9.46. The van der Waals surface area contributed by atoms with Crippen LogP contribution in [0.25, 0.3) is 0 Å². The van der Waals surface area contributed by atoms with Gasteiger partial charge in [0.05, 0.1) is 0 Å². The van der Waals surface area contributed by atoms with Gasteiger partial charge in [0.15, 0.2) is 0 Å². The van der Waals surface area contributed by atoms with E-state index in [1.807, 2.05) is 6.92 Å². The number of carbonyl (C=O) groups excluding carboxylic acids is 2. The van der Waals surface area contributed by atoms with Gasteiger partial charge in [-0.05, 0) is 48.7 Å². The van der Waals surface area contributed by atoms with Crippen molar-refractivity contribution in [2.45, 2.75) is 32.2 Å². The number of carbonyl (C=O) groups is 2. The summed E-state index contributed by atoms with van der Waals surface area (Å²) in [5, 5.41) is 24.2. The van der Waals surface area contributed by atoms with Crippen LogP contribution in [0.5, 0.6) is 11.5 Å². The Morgan fingerprint density at radius 3 is 2.00 bits per heavy atom. The van der Waals surface area contributed by atoms with Crippen molar-refractivity contribution < 1.29 is 19.8 Å². The highest BCUT2D eigenvalue weighted by Crippen LogP contribution is 2.13.